The first-order valence-electron chi connectivity index (χ1n) is 8.70. The van der Waals surface area contributed by atoms with Crippen LogP contribution in [0.3, 0.4) is 0 Å². The predicted molar refractivity (Wildman–Crippen MR) is 102 cm³/mol. The van der Waals surface area contributed by atoms with Crippen molar-refractivity contribution in [1.82, 2.24) is 16.0 Å². The Morgan fingerprint density at radius 2 is 1.88 bits per heavy atom. The second-order valence-corrected chi connectivity index (χ2v) is 6.38. The van der Waals surface area contributed by atoms with Crippen molar-refractivity contribution in [2.75, 3.05) is 13.7 Å². The van der Waals surface area contributed by atoms with Crippen LogP contribution in [0.25, 0.3) is 0 Å². The maximum Gasteiger partial charge on any atom is 0.407 e. The third-order valence-electron chi connectivity index (χ3n) is 3.91. The van der Waals surface area contributed by atoms with Crippen LogP contribution in [0, 0.1) is 6.92 Å². The van der Waals surface area contributed by atoms with Crippen molar-refractivity contribution >= 4 is 12.0 Å². The zero-order valence-electron chi connectivity index (χ0n) is 15.8. The summed E-state index contributed by atoms with van der Waals surface area (Å²) in [5.74, 6) is 0.196. The average Bonchev–Trinajstić information content (AvgIpc) is 2.59. The highest BCUT2D eigenvalue weighted by Crippen LogP contribution is 2.07. The summed E-state index contributed by atoms with van der Waals surface area (Å²) in [5.41, 5.74) is 7.55. The van der Waals surface area contributed by atoms with Gasteiger partial charge in [-0.1, -0.05) is 36.4 Å². The van der Waals surface area contributed by atoms with Crippen molar-refractivity contribution < 1.29 is 14.3 Å². The molecule has 1 aromatic carbocycles. The first kappa shape index (κ1) is 21.3. The number of carbonyl (C=O) groups is 2. The average molecular weight is 362 g/mol. The monoisotopic (exact) mass is 362 g/mol. The summed E-state index contributed by atoms with van der Waals surface area (Å²) in [6.07, 6.45) is 1.38. The highest BCUT2D eigenvalue weighted by molar-refractivity contribution is 5.86. The van der Waals surface area contributed by atoms with E-state index in [1.165, 1.54) is 7.11 Å². The van der Waals surface area contributed by atoms with Crippen LogP contribution in [0.5, 0.6) is 0 Å². The first-order valence-corrected chi connectivity index (χ1v) is 8.70. The van der Waals surface area contributed by atoms with Gasteiger partial charge in [0.05, 0.1) is 12.9 Å². The van der Waals surface area contributed by atoms with E-state index in [1.54, 1.807) is 0 Å². The lowest BCUT2D eigenvalue weighted by Crippen LogP contribution is -2.50. The molecular weight excluding hydrogens is 332 g/mol. The normalized spacial score (nSPS) is 12.6. The number of alkyl carbamates (subject to hydrolysis) is 1. The Bertz CT molecular complexity index is 601. The topological polar surface area (TPSA) is 105 Å². The summed E-state index contributed by atoms with van der Waals surface area (Å²) in [7, 11) is 1.27. The molecule has 144 valence electrons. The predicted octanol–water partition coefficient (Wildman–Crippen LogP) is 1.57. The number of ether oxygens (including phenoxy) is 1. The van der Waals surface area contributed by atoms with Gasteiger partial charge in [-0.3, -0.25) is 4.79 Å². The number of rotatable bonds is 10. The third kappa shape index (κ3) is 8.41. The lowest BCUT2D eigenvalue weighted by Gasteiger charge is -2.21. The Morgan fingerprint density at radius 3 is 2.46 bits per heavy atom. The van der Waals surface area contributed by atoms with Crippen LogP contribution in [0.2, 0.25) is 0 Å². The molecule has 26 heavy (non-hydrogen) atoms. The van der Waals surface area contributed by atoms with E-state index in [0.717, 1.165) is 24.0 Å². The van der Waals surface area contributed by atoms with Crippen molar-refractivity contribution in [2.45, 2.75) is 45.2 Å². The zero-order chi connectivity index (χ0) is 19.5. The van der Waals surface area contributed by atoms with Gasteiger partial charge in [0.1, 0.15) is 6.04 Å². The van der Waals surface area contributed by atoms with E-state index in [9.17, 15) is 9.59 Å². The van der Waals surface area contributed by atoms with E-state index >= 15 is 0 Å². The number of nitrogens with one attached hydrogen (secondary N) is 3. The molecule has 7 nitrogen and oxygen atoms in total. The molecule has 1 aromatic rings. The minimum Gasteiger partial charge on any atom is -0.453 e. The van der Waals surface area contributed by atoms with Crippen molar-refractivity contribution in [3.05, 3.63) is 47.8 Å². The number of benzene rings is 1. The van der Waals surface area contributed by atoms with Crippen LogP contribution in [-0.2, 0) is 16.0 Å². The standard InChI is InChI=1S/C19H30N4O3/c1-13-7-9-16(10-8-13)12-17(23-19(25)26-4)18(24)22-14(2)6-5-11-21-15(3)20/h7-10,14,17,21H,3,5-6,11-12,20H2,1-2,4H3,(H,22,24)(H,23,25)/t14-,17-/m0/s1. The van der Waals surface area contributed by atoms with Gasteiger partial charge in [0.25, 0.3) is 0 Å². The van der Waals surface area contributed by atoms with E-state index < -0.39 is 12.1 Å². The molecule has 2 amide bonds. The molecule has 0 saturated heterocycles. The van der Waals surface area contributed by atoms with E-state index in [2.05, 4.69) is 27.3 Å². The Kier molecular flexibility index (Phi) is 9.05. The fourth-order valence-electron chi connectivity index (χ4n) is 2.44. The van der Waals surface area contributed by atoms with Crippen LogP contribution < -0.4 is 21.7 Å². The Balaban J connectivity index is 2.61. The molecule has 0 aliphatic carbocycles. The van der Waals surface area contributed by atoms with Crippen LogP contribution in [-0.4, -0.2) is 37.7 Å². The summed E-state index contributed by atoms with van der Waals surface area (Å²) in [6.45, 7) is 8.19. The number of methoxy groups -OCH3 is 1. The lowest BCUT2D eigenvalue weighted by atomic mass is 10.0. The van der Waals surface area contributed by atoms with Gasteiger partial charge in [-0.15, -0.1) is 0 Å². The molecule has 0 aliphatic rings. The Morgan fingerprint density at radius 1 is 1.23 bits per heavy atom. The van der Waals surface area contributed by atoms with Crippen LogP contribution >= 0.6 is 0 Å². The molecule has 0 aliphatic heterocycles. The molecule has 0 aromatic heterocycles. The highest BCUT2D eigenvalue weighted by Gasteiger charge is 2.22. The van der Waals surface area contributed by atoms with Crippen LogP contribution in [0.15, 0.2) is 36.7 Å². The smallest absolute Gasteiger partial charge is 0.407 e. The number of nitrogens with two attached hydrogens (primary N) is 1. The van der Waals surface area contributed by atoms with Crippen molar-refractivity contribution in [3.8, 4) is 0 Å². The summed E-state index contributed by atoms with van der Waals surface area (Å²) < 4.78 is 4.64. The minimum atomic E-state index is -0.699. The second kappa shape index (κ2) is 11.0. The van der Waals surface area contributed by atoms with Gasteiger partial charge in [-0.05, 0) is 32.3 Å². The van der Waals surface area contributed by atoms with Gasteiger partial charge in [0.2, 0.25) is 5.91 Å². The molecule has 0 fully saturated rings. The lowest BCUT2D eigenvalue weighted by molar-refractivity contribution is -0.123. The maximum absolute atomic E-state index is 12.6. The van der Waals surface area contributed by atoms with Crippen LogP contribution in [0.1, 0.15) is 30.9 Å². The molecule has 0 unspecified atom stereocenters. The fraction of sp³-hybridized carbons (Fsp3) is 0.474. The van der Waals surface area contributed by atoms with Crippen molar-refractivity contribution in [2.24, 2.45) is 5.73 Å². The van der Waals surface area contributed by atoms with E-state index in [1.807, 2.05) is 38.1 Å². The Hall–Kier alpha value is -2.70. The van der Waals surface area contributed by atoms with Gasteiger partial charge in [-0.2, -0.15) is 0 Å². The third-order valence-corrected chi connectivity index (χ3v) is 3.91. The summed E-state index contributed by atoms with van der Waals surface area (Å²) in [5, 5.41) is 8.49. The molecule has 7 heteroatoms. The van der Waals surface area contributed by atoms with Gasteiger partial charge < -0.3 is 26.4 Å². The molecule has 1 rings (SSSR count). The van der Waals surface area contributed by atoms with Gasteiger partial charge in [0.15, 0.2) is 0 Å². The number of aryl methyl sites for hydroxylation is 1. The summed E-state index contributed by atoms with van der Waals surface area (Å²) in [6, 6.07) is 7.12. The fourth-order valence-corrected chi connectivity index (χ4v) is 2.44. The molecule has 0 heterocycles. The minimum absolute atomic E-state index is 0.0321. The quantitative estimate of drug-likeness (QED) is 0.473. The van der Waals surface area contributed by atoms with Crippen LogP contribution in [0.4, 0.5) is 4.79 Å². The molecule has 2 atom stereocenters. The Labute approximate surface area is 155 Å². The summed E-state index contributed by atoms with van der Waals surface area (Å²) >= 11 is 0. The first-order chi connectivity index (χ1) is 12.3. The number of amides is 2. The number of hydrogen-bond acceptors (Lipinski definition) is 5. The van der Waals surface area contributed by atoms with E-state index in [0.29, 0.717) is 18.8 Å². The largest absolute Gasteiger partial charge is 0.453 e. The molecule has 0 saturated carbocycles. The number of carbonyl (C=O) groups excluding carboxylic acids is 2. The highest BCUT2D eigenvalue weighted by atomic mass is 16.5. The van der Waals surface area contributed by atoms with Gasteiger partial charge in [-0.25, -0.2) is 4.79 Å². The number of hydrogen-bond donors (Lipinski definition) is 4. The molecule has 5 N–H and O–H groups in total. The van der Waals surface area contributed by atoms with Gasteiger partial charge in [0, 0.05) is 19.0 Å². The van der Waals surface area contributed by atoms with E-state index in [-0.39, 0.29) is 11.9 Å². The van der Waals surface area contributed by atoms with E-state index in [4.69, 9.17) is 5.73 Å². The van der Waals surface area contributed by atoms with Gasteiger partial charge >= 0.3 is 6.09 Å². The second-order valence-electron chi connectivity index (χ2n) is 6.38. The molecular formula is C19H30N4O3. The maximum atomic E-state index is 12.6. The molecule has 0 spiro atoms. The zero-order valence-corrected chi connectivity index (χ0v) is 15.8. The summed E-state index contributed by atoms with van der Waals surface area (Å²) in [4.78, 5) is 24.2. The molecule has 0 bridgehead atoms. The molecule has 0 radical (unpaired) electrons. The SMILES string of the molecule is C=C(N)NCCC[C@H](C)NC(=O)[C@H](Cc1ccc(C)cc1)NC(=O)OC. The van der Waals surface area contributed by atoms with Crippen molar-refractivity contribution in [3.63, 3.8) is 0 Å². The van der Waals surface area contributed by atoms with Crippen molar-refractivity contribution in [1.29, 1.82) is 0 Å².